The predicted octanol–water partition coefficient (Wildman–Crippen LogP) is 9.84. The van der Waals surface area contributed by atoms with E-state index in [1.54, 1.807) is 0 Å². The summed E-state index contributed by atoms with van der Waals surface area (Å²) in [6, 6.07) is 17.4. The molecule has 11 heteroatoms. The van der Waals surface area contributed by atoms with E-state index in [1.165, 1.54) is 44.1 Å². The third kappa shape index (κ3) is 5.82. The second-order valence-electron chi connectivity index (χ2n) is 19.2. The lowest BCUT2D eigenvalue weighted by Gasteiger charge is -2.44. The van der Waals surface area contributed by atoms with Crippen molar-refractivity contribution in [3.05, 3.63) is 111 Å². The minimum atomic E-state index is -4.09. The number of amidine groups is 3. The maximum Gasteiger partial charge on any atom is 0.599 e. The van der Waals surface area contributed by atoms with Crippen molar-refractivity contribution < 1.29 is 8.85 Å². The minimum Gasteiger partial charge on any atom is -0.361 e. The molecule has 6 bridgehead atoms. The van der Waals surface area contributed by atoms with Crippen LogP contribution in [0.3, 0.4) is 0 Å². The number of nitrogens with zero attached hydrogens (tertiary/aromatic N) is 7. The quantitative estimate of drug-likeness (QED) is 0.196. The molecule has 0 radical (unpaired) electrons. The molecule has 10 nitrogen and oxygen atoms in total. The summed E-state index contributed by atoms with van der Waals surface area (Å²) in [4.78, 5) is 32.1. The van der Waals surface area contributed by atoms with Gasteiger partial charge < -0.3 is 13.8 Å². The third-order valence-electron chi connectivity index (χ3n) is 15.6. The van der Waals surface area contributed by atoms with Crippen molar-refractivity contribution >= 4 is 54.9 Å². The number of aliphatic imine (C=N–C) groups is 3. The van der Waals surface area contributed by atoms with Gasteiger partial charge in [0.25, 0.3) is 0 Å². The molecule has 4 aromatic rings. The highest BCUT2D eigenvalue weighted by Crippen LogP contribution is 2.46. The number of hydrogen-bond acceptors (Lipinski definition) is 8. The van der Waals surface area contributed by atoms with E-state index in [0.29, 0.717) is 54.6 Å². The van der Waals surface area contributed by atoms with Crippen LogP contribution in [0.25, 0.3) is 16.8 Å². The van der Waals surface area contributed by atoms with E-state index in [-0.39, 0.29) is 0 Å². The summed E-state index contributed by atoms with van der Waals surface area (Å²) < 4.78 is 21.0. The maximum atomic E-state index is 8.11. The Morgan fingerprint density at radius 3 is 2.05 bits per heavy atom. The molecule has 8 aliphatic rings. The topological polar surface area (TPSA) is 104 Å². The summed E-state index contributed by atoms with van der Waals surface area (Å²) >= 11 is 0. The van der Waals surface area contributed by atoms with Gasteiger partial charge in [-0.15, -0.1) is 0 Å². The Balaban J connectivity index is 1.24. The highest BCUT2D eigenvalue weighted by molar-refractivity contribution is 6.66. The number of aromatic amines is 1. The predicted molar refractivity (Wildman–Crippen MR) is 244 cm³/mol. The van der Waals surface area contributed by atoms with E-state index in [9.17, 15) is 0 Å². The van der Waals surface area contributed by atoms with Crippen molar-refractivity contribution in [3.63, 3.8) is 0 Å². The van der Waals surface area contributed by atoms with Crippen molar-refractivity contribution in [2.75, 3.05) is 13.2 Å². The van der Waals surface area contributed by atoms with Gasteiger partial charge in [-0.25, -0.2) is 25.0 Å². The smallest absolute Gasteiger partial charge is 0.361 e. The molecule has 61 heavy (non-hydrogen) atoms. The molecule has 6 heterocycles. The van der Waals surface area contributed by atoms with Gasteiger partial charge in [0, 0.05) is 57.4 Å². The van der Waals surface area contributed by atoms with Gasteiger partial charge in [-0.05, 0) is 61.2 Å². The van der Waals surface area contributed by atoms with E-state index in [1.807, 2.05) is 0 Å². The number of rotatable bonds is 6. The van der Waals surface area contributed by atoms with Crippen molar-refractivity contribution in [1.29, 1.82) is 0 Å². The van der Waals surface area contributed by atoms with Crippen LogP contribution < -0.4 is 11.0 Å². The molecule has 2 aromatic heterocycles. The first-order chi connectivity index (χ1) is 29.9. The molecule has 0 saturated heterocycles. The SMILES string of the molecule is CC1CCCC(C)C1CO[Si]1(OCC2C(C)CCCC2C)N2C3=Nc4[nH]c(c5c4C=CCC5)N=c4c5ccccc5c(n41)=NC1=NC(=NC2c2ccccc23)C2=C1C=CCC2. The molecule has 5 atom stereocenters. The van der Waals surface area contributed by atoms with Crippen LogP contribution >= 0.6 is 0 Å². The fourth-order valence-corrected chi connectivity index (χ4v) is 15.5. The highest BCUT2D eigenvalue weighted by atomic mass is 28.4. The number of allylic oxidation sites excluding steroid dienone is 2. The maximum absolute atomic E-state index is 8.11. The fourth-order valence-electron chi connectivity index (χ4n) is 12.1. The number of aromatic nitrogens is 2. The monoisotopic (exact) mass is 828 g/mol. The van der Waals surface area contributed by atoms with Crippen LogP contribution in [0.15, 0.2) is 103 Å². The van der Waals surface area contributed by atoms with Crippen molar-refractivity contribution in [2.45, 2.75) is 98.1 Å². The molecule has 1 N–H and O–H groups in total. The Morgan fingerprint density at radius 2 is 1.33 bits per heavy atom. The molecule has 5 unspecified atom stereocenters. The normalized spacial score (nSPS) is 30.8. The molecule has 2 fully saturated rings. The van der Waals surface area contributed by atoms with Crippen LogP contribution in [0.5, 0.6) is 0 Å². The largest absolute Gasteiger partial charge is 0.599 e. The second kappa shape index (κ2) is 14.6. The molecule has 4 aliphatic heterocycles. The Kier molecular flexibility index (Phi) is 9.01. The van der Waals surface area contributed by atoms with Crippen LogP contribution in [-0.2, 0) is 15.3 Å². The van der Waals surface area contributed by atoms with Gasteiger partial charge in [0.05, 0.1) is 0 Å². The molecule has 2 aromatic carbocycles. The third-order valence-corrected chi connectivity index (χ3v) is 18.7. The molecule has 4 aliphatic carbocycles. The molecule has 12 rings (SSSR count). The summed E-state index contributed by atoms with van der Waals surface area (Å²) in [7, 11) is -4.09. The van der Waals surface area contributed by atoms with Gasteiger partial charge in [-0.3, -0.25) is 8.80 Å². The van der Waals surface area contributed by atoms with Gasteiger partial charge in [0.1, 0.15) is 34.6 Å². The van der Waals surface area contributed by atoms with Gasteiger partial charge in [0.2, 0.25) is 0 Å². The molecule has 2 saturated carbocycles. The first kappa shape index (κ1) is 37.8. The first-order valence-corrected chi connectivity index (χ1v) is 24.9. The molecule has 0 spiro atoms. The minimum absolute atomic E-state index is 0.360. The lowest BCUT2D eigenvalue weighted by molar-refractivity contribution is 0.0260. The molecule has 0 amide bonds. The van der Waals surface area contributed by atoms with Gasteiger partial charge >= 0.3 is 8.88 Å². The van der Waals surface area contributed by atoms with E-state index < -0.39 is 15.0 Å². The number of H-pyrrole nitrogens is 1. The van der Waals surface area contributed by atoms with E-state index in [0.717, 1.165) is 98.6 Å². The van der Waals surface area contributed by atoms with E-state index in [2.05, 4.69) is 114 Å². The standard InChI is InChI=1S/C50H56N8O2Si/c1-29-15-13-16-30(2)41(29)27-59-61(60-28-42-31(3)17-14-18-32(42)4)57-47-37-23-9-10-24-38(37)49(57)55-45-35-21-7-8-22-36(35)46(52-45)56-50-40-26-12-11-25-39(40)48(58(50)61)54-44-34-20-6-5-19-33(34)43(51-44)53-47/h5,8-12,19,22-26,29-32,41-42,48,52H,6-7,13-18,20-21,27-28H2,1-4H3. The number of hydrogen-bond donors (Lipinski definition) is 1. The Labute approximate surface area is 359 Å². The summed E-state index contributed by atoms with van der Waals surface area (Å²) in [5.74, 6) is 6.70. The van der Waals surface area contributed by atoms with Gasteiger partial charge in [-0.2, -0.15) is 0 Å². The zero-order valence-electron chi connectivity index (χ0n) is 35.9. The van der Waals surface area contributed by atoms with Crippen molar-refractivity contribution in [1.82, 2.24) is 13.8 Å². The second-order valence-corrected chi connectivity index (χ2v) is 21.8. The lowest BCUT2D eigenvalue weighted by atomic mass is 9.74. The summed E-state index contributed by atoms with van der Waals surface area (Å²) in [5, 5.41) is 2.02. The van der Waals surface area contributed by atoms with Gasteiger partial charge in [-0.1, -0.05) is 139 Å². The Bertz CT molecular complexity index is 2750. The number of nitrogens with one attached hydrogen (secondary N) is 1. The fraction of sp³-hybridized carbons (Fsp3) is 0.460. The Morgan fingerprint density at radius 1 is 0.689 bits per heavy atom. The van der Waals surface area contributed by atoms with Crippen molar-refractivity contribution in [2.24, 2.45) is 60.5 Å². The van der Waals surface area contributed by atoms with Crippen LogP contribution in [0.1, 0.15) is 114 Å². The number of fused-ring (bicyclic) bond motifs is 14. The van der Waals surface area contributed by atoms with E-state index >= 15 is 0 Å². The van der Waals surface area contributed by atoms with Crippen LogP contribution in [0.4, 0.5) is 11.6 Å². The highest BCUT2D eigenvalue weighted by Gasteiger charge is 2.61. The number of benzene rings is 2. The van der Waals surface area contributed by atoms with Crippen LogP contribution in [0.2, 0.25) is 0 Å². The van der Waals surface area contributed by atoms with Crippen molar-refractivity contribution in [3.8, 4) is 0 Å². The molecular formula is C50H56N8O2Si. The summed E-state index contributed by atoms with van der Waals surface area (Å²) in [5.41, 5.74) is 8.19. The van der Waals surface area contributed by atoms with E-state index in [4.69, 9.17) is 33.8 Å². The van der Waals surface area contributed by atoms with Crippen LogP contribution in [-0.4, -0.2) is 53.4 Å². The summed E-state index contributed by atoms with van der Waals surface area (Å²) in [6.07, 6.45) is 19.4. The zero-order chi connectivity index (χ0) is 41.0. The summed E-state index contributed by atoms with van der Waals surface area (Å²) in [6.45, 7) is 10.8. The first-order valence-electron chi connectivity index (χ1n) is 23.2. The molecular weight excluding hydrogens is 773 g/mol. The lowest BCUT2D eigenvalue weighted by Crippen LogP contribution is -2.71. The Hall–Kier alpha value is -4.97. The molecule has 312 valence electrons. The van der Waals surface area contributed by atoms with Crippen LogP contribution in [0, 0.1) is 35.5 Å². The average molecular weight is 829 g/mol. The van der Waals surface area contributed by atoms with Gasteiger partial charge in [0.15, 0.2) is 11.7 Å². The zero-order valence-corrected chi connectivity index (χ0v) is 36.9. The average Bonchev–Trinajstić information content (AvgIpc) is 3.99.